The second kappa shape index (κ2) is 6.39. The number of hydrogen-bond donors (Lipinski definition) is 1. The molecule has 0 atom stereocenters. The molecule has 5 nitrogen and oxygen atoms in total. The number of aromatic nitrogens is 1. The Bertz CT molecular complexity index is 545. The van der Waals surface area contributed by atoms with Gasteiger partial charge in [0.25, 0.3) is 0 Å². The summed E-state index contributed by atoms with van der Waals surface area (Å²) in [6.45, 7) is 0.415. The quantitative estimate of drug-likeness (QED) is 0.833. The van der Waals surface area contributed by atoms with Crippen molar-refractivity contribution in [1.82, 2.24) is 10.3 Å². The third-order valence-electron chi connectivity index (χ3n) is 2.42. The maximum atomic E-state index is 11.5. The molecule has 0 spiro atoms. The van der Waals surface area contributed by atoms with Gasteiger partial charge in [0.1, 0.15) is 5.76 Å². The Balaban J connectivity index is 1.82. The van der Waals surface area contributed by atoms with E-state index in [2.05, 4.69) is 10.3 Å². The van der Waals surface area contributed by atoms with Crippen molar-refractivity contribution < 1.29 is 13.9 Å². The van der Waals surface area contributed by atoms with Gasteiger partial charge in [0.05, 0.1) is 13.4 Å². The Kier molecular flexibility index (Phi) is 4.34. The van der Waals surface area contributed by atoms with Crippen LogP contribution in [0.15, 0.2) is 47.2 Å². The molecule has 0 unspecified atom stereocenters. The predicted molar refractivity (Wildman–Crippen MR) is 70.4 cm³/mol. The number of carbonyl (C=O) groups is 1. The average molecular weight is 258 g/mol. The fraction of sp³-hybridized carbons (Fsp3) is 0.143. The highest BCUT2D eigenvalue weighted by Crippen LogP contribution is 2.06. The van der Waals surface area contributed by atoms with Crippen LogP contribution in [-0.2, 0) is 11.3 Å². The van der Waals surface area contributed by atoms with E-state index in [-0.39, 0.29) is 5.91 Å². The lowest BCUT2D eigenvalue weighted by molar-refractivity contribution is -0.116. The van der Waals surface area contributed by atoms with Crippen molar-refractivity contribution >= 4 is 12.0 Å². The molecule has 1 N–H and O–H groups in total. The highest BCUT2D eigenvalue weighted by molar-refractivity contribution is 5.91. The third kappa shape index (κ3) is 3.99. The molecule has 2 rings (SSSR count). The zero-order valence-electron chi connectivity index (χ0n) is 10.5. The molecule has 0 aliphatic heterocycles. The first kappa shape index (κ1) is 12.9. The van der Waals surface area contributed by atoms with Gasteiger partial charge in [-0.25, -0.2) is 4.98 Å². The predicted octanol–water partition coefficient (Wildman–Crippen LogP) is 2.01. The van der Waals surface area contributed by atoms with Crippen LogP contribution in [-0.4, -0.2) is 18.0 Å². The normalized spacial score (nSPS) is 10.6. The molecule has 0 saturated carbocycles. The molecule has 0 aromatic carbocycles. The van der Waals surface area contributed by atoms with Gasteiger partial charge >= 0.3 is 0 Å². The van der Waals surface area contributed by atoms with E-state index in [0.29, 0.717) is 18.2 Å². The molecule has 0 fully saturated rings. The number of nitrogens with zero attached hydrogens (tertiary/aromatic N) is 1. The maximum Gasteiger partial charge on any atom is 0.244 e. The van der Waals surface area contributed by atoms with Crippen LogP contribution in [0.4, 0.5) is 0 Å². The average Bonchev–Trinajstić information content (AvgIpc) is 2.96. The molecule has 0 aliphatic carbocycles. The van der Waals surface area contributed by atoms with Crippen molar-refractivity contribution in [2.45, 2.75) is 6.54 Å². The summed E-state index contributed by atoms with van der Waals surface area (Å²) in [5, 5.41) is 2.75. The van der Waals surface area contributed by atoms with Gasteiger partial charge in [-0.3, -0.25) is 4.79 Å². The van der Waals surface area contributed by atoms with E-state index in [9.17, 15) is 4.79 Å². The van der Waals surface area contributed by atoms with Gasteiger partial charge < -0.3 is 14.5 Å². The van der Waals surface area contributed by atoms with E-state index in [1.54, 1.807) is 43.8 Å². The van der Waals surface area contributed by atoms with Crippen LogP contribution < -0.4 is 10.1 Å². The largest absolute Gasteiger partial charge is 0.481 e. The number of rotatable bonds is 5. The number of furan rings is 1. The lowest BCUT2D eigenvalue weighted by Crippen LogP contribution is -2.20. The molecular formula is C14H14N2O3. The minimum Gasteiger partial charge on any atom is -0.481 e. The third-order valence-corrected chi connectivity index (χ3v) is 2.42. The van der Waals surface area contributed by atoms with E-state index >= 15 is 0 Å². The second-order valence-corrected chi connectivity index (χ2v) is 3.78. The number of hydrogen-bond acceptors (Lipinski definition) is 4. The molecule has 98 valence electrons. The number of nitrogens with one attached hydrogen (secondary N) is 1. The Labute approximate surface area is 110 Å². The zero-order chi connectivity index (χ0) is 13.5. The summed E-state index contributed by atoms with van der Waals surface area (Å²) in [7, 11) is 1.56. The zero-order valence-corrected chi connectivity index (χ0v) is 10.5. The van der Waals surface area contributed by atoms with E-state index in [0.717, 1.165) is 5.56 Å². The van der Waals surface area contributed by atoms with Crippen LogP contribution in [0.2, 0.25) is 0 Å². The highest BCUT2D eigenvalue weighted by atomic mass is 16.5. The van der Waals surface area contributed by atoms with Crippen molar-refractivity contribution in [1.29, 1.82) is 0 Å². The summed E-state index contributed by atoms with van der Waals surface area (Å²) in [6.07, 6.45) is 6.26. The number of carbonyl (C=O) groups excluding carboxylic acids is 1. The Morgan fingerprint density at radius 3 is 3.00 bits per heavy atom. The van der Waals surface area contributed by atoms with Crippen LogP contribution >= 0.6 is 0 Å². The van der Waals surface area contributed by atoms with Crippen molar-refractivity contribution in [3.63, 3.8) is 0 Å². The first-order chi connectivity index (χ1) is 9.28. The van der Waals surface area contributed by atoms with Gasteiger partial charge in [-0.1, -0.05) is 6.07 Å². The van der Waals surface area contributed by atoms with Crippen LogP contribution in [0.1, 0.15) is 11.3 Å². The van der Waals surface area contributed by atoms with Gasteiger partial charge in [0, 0.05) is 24.9 Å². The van der Waals surface area contributed by atoms with Crippen molar-refractivity contribution in [2.24, 2.45) is 0 Å². The highest BCUT2D eigenvalue weighted by Gasteiger charge is 1.99. The molecule has 5 heteroatoms. The maximum absolute atomic E-state index is 11.5. The Hall–Kier alpha value is -2.56. The molecule has 19 heavy (non-hydrogen) atoms. The van der Waals surface area contributed by atoms with Gasteiger partial charge in [0.2, 0.25) is 11.8 Å². The molecule has 0 radical (unpaired) electrons. The monoisotopic (exact) mass is 258 g/mol. The number of ether oxygens (including phenoxy) is 1. The Morgan fingerprint density at radius 2 is 2.37 bits per heavy atom. The molecular weight excluding hydrogens is 244 g/mol. The summed E-state index contributed by atoms with van der Waals surface area (Å²) >= 11 is 0. The molecule has 2 aromatic heterocycles. The summed E-state index contributed by atoms with van der Waals surface area (Å²) in [5.41, 5.74) is 0.903. The fourth-order valence-electron chi connectivity index (χ4n) is 1.43. The van der Waals surface area contributed by atoms with Crippen LogP contribution in [0.5, 0.6) is 5.88 Å². The van der Waals surface area contributed by atoms with E-state index in [1.807, 2.05) is 6.07 Å². The SMILES string of the molecule is COc1ccc(CNC(=O)/C=C/c2ccco2)cn1. The summed E-state index contributed by atoms with van der Waals surface area (Å²) < 4.78 is 10.0. The van der Waals surface area contributed by atoms with Gasteiger partial charge in [-0.15, -0.1) is 0 Å². The van der Waals surface area contributed by atoms with E-state index in [4.69, 9.17) is 9.15 Å². The smallest absolute Gasteiger partial charge is 0.244 e. The first-order valence-corrected chi connectivity index (χ1v) is 5.76. The summed E-state index contributed by atoms with van der Waals surface area (Å²) in [4.78, 5) is 15.6. The molecule has 2 heterocycles. The minimum absolute atomic E-state index is 0.188. The topological polar surface area (TPSA) is 64.4 Å². The second-order valence-electron chi connectivity index (χ2n) is 3.78. The summed E-state index contributed by atoms with van der Waals surface area (Å²) in [5.74, 6) is 1.00. The molecule has 0 saturated heterocycles. The van der Waals surface area contributed by atoms with Crippen molar-refractivity contribution in [3.8, 4) is 5.88 Å². The van der Waals surface area contributed by atoms with Crippen LogP contribution in [0, 0.1) is 0 Å². The lowest BCUT2D eigenvalue weighted by Gasteiger charge is -2.03. The van der Waals surface area contributed by atoms with Gasteiger partial charge in [-0.05, 0) is 23.8 Å². The molecule has 1 amide bonds. The lowest BCUT2D eigenvalue weighted by atomic mass is 10.3. The summed E-state index contributed by atoms with van der Waals surface area (Å²) in [6, 6.07) is 7.14. The standard InChI is InChI=1S/C14H14N2O3/c1-18-14-7-4-11(10-16-14)9-15-13(17)6-5-12-3-2-8-19-12/h2-8,10H,9H2,1H3,(H,15,17)/b6-5+. The van der Waals surface area contributed by atoms with Crippen LogP contribution in [0.25, 0.3) is 6.08 Å². The molecule has 2 aromatic rings. The Morgan fingerprint density at radius 1 is 1.47 bits per heavy atom. The minimum atomic E-state index is -0.188. The van der Waals surface area contributed by atoms with Crippen molar-refractivity contribution in [2.75, 3.05) is 7.11 Å². The first-order valence-electron chi connectivity index (χ1n) is 5.76. The molecule has 0 bridgehead atoms. The number of pyridine rings is 1. The van der Waals surface area contributed by atoms with Gasteiger partial charge in [-0.2, -0.15) is 0 Å². The van der Waals surface area contributed by atoms with E-state index < -0.39 is 0 Å². The number of amides is 1. The van der Waals surface area contributed by atoms with Crippen molar-refractivity contribution in [3.05, 3.63) is 54.1 Å². The number of methoxy groups -OCH3 is 1. The fourth-order valence-corrected chi connectivity index (χ4v) is 1.43. The molecule has 0 aliphatic rings. The van der Waals surface area contributed by atoms with Gasteiger partial charge in [0.15, 0.2) is 0 Å². The van der Waals surface area contributed by atoms with E-state index in [1.165, 1.54) is 6.08 Å². The van der Waals surface area contributed by atoms with Crippen LogP contribution in [0.3, 0.4) is 0 Å².